The summed E-state index contributed by atoms with van der Waals surface area (Å²) in [6, 6.07) is 4.86. The van der Waals surface area contributed by atoms with Gasteiger partial charge in [-0.2, -0.15) is 0 Å². The Labute approximate surface area is 108 Å². The van der Waals surface area contributed by atoms with E-state index >= 15 is 0 Å². The molecule has 0 aliphatic heterocycles. The van der Waals surface area contributed by atoms with Gasteiger partial charge in [0, 0.05) is 15.8 Å². The Morgan fingerprint density at radius 2 is 1.88 bits per heavy atom. The molecule has 0 aromatic carbocycles. The van der Waals surface area contributed by atoms with E-state index < -0.39 is 0 Å². The van der Waals surface area contributed by atoms with Crippen LogP contribution in [0.4, 0.5) is 0 Å². The van der Waals surface area contributed by atoms with Crippen LogP contribution in [-0.4, -0.2) is 0 Å². The molecule has 2 aliphatic carbocycles. The standard InChI is InChI=1S/C15H23NS/c1-15(2,3)12-8-7-11(17-12)14(16)13-9-5-4-6-10(9)13/h7-10,13-14H,4-6,16H2,1-3H3. The lowest BCUT2D eigenvalue weighted by Crippen LogP contribution is -2.14. The summed E-state index contributed by atoms with van der Waals surface area (Å²) in [6.07, 6.45) is 4.30. The third kappa shape index (κ3) is 1.96. The molecular weight excluding hydrogens is 226 g/mol. The number of hydrogen-bond acceptors (Lipinski definition) is 2. The highest BCUT2D eigenvalue weighted by Crippen LogP contribution is 2.62. The first-order chi connectivity index (χ1) is 7.98. The Bertz CT molecular complexity index is 405. The van der Waals surface area contributed by atoms with Crippen molar-refractivity contribution in [2.24, 2.45) is 23.5 Å². The quantitative estimate of drug-likeness (QED) is 0.839. The Balaban J connectivity index is 1.74. The lowest BCUT2D eigenvalue weighted by Gasteiger charge is -2.16. The molecule has 2 fully saturated rings. The van der Waals surface area contributed by atoms with Gasteiger partial charge in [0.2, 0.25) is 0 Å². The molecule has 3 unspecified atom stereocenters. The van der Waals surface area contributed by atoms with E-state index in [-0.39, 0.29) is 5.41 Å². The van der Waals surface area contributed by atoms with Crippen LogP contribution >= 0.6 is 11.3 Å². The summed E-state index contributed by atoms with van der Waals surface area (Å²) in [5, 5.41) is 0. The lowest BCUT2D eigenvalue weighted by molar-refractivity contribution is 0.507. The summed E-state index contributed by atoms with van der Waals surface area (Å²) in [6.45, 7) is 6.83. The second kappa shape index (κ2) is 3.83. The van der Waals surface area contributed by atoms with Gasteiger partial charge in [-0.05, 0) is 48.1 Å². The van der Waals surface area contributed by atoms with Crippen LogP contribution in [0, 0.1) is 17.8 Å². The molecule has 1 aromatic heterocycles. The molecule has 0 radical (unpaired) electrons. The maximum Gasteiger partial charge on any atom is 0.0424 e. The molecule has 1 heterocycles. The average Bonchev–Trinajstić information content (AvgIpc) is 2.74. The third-order valence-corrected chi connectivity index (χ3v) is 6.19. The number of rotatable bonds is 2. The van der Waals surface area contributed by atoms with Crippen molar-refractivity contribution in [1.29, 1.82) is 0 Å². The number of thiophene rings is 1. The van der Waals surface area contributed by atoms with Crippen molar-refractivity contribution < 1.29 is 0 Å². The molecule has 2 aliphatic rings. The first-order valence-electron chi connectivity index (χ1n) is 6.84. The summed E-state index contributed by atoms with van der Waals surface area (Å²) in [5.74, 6) is 2.73. The molecule has 1 aromatic rings. The van der Waals surface area contributed by atoms with E-state index in [4.69, 9.17) is 5.73 Å². The Kier molecular flexibility index (Phi) is 2.64. The normalized spacial score (nSPS) is 33.5. The molecule has 0 spiro atoms. The van der Waals surface area contributed by atoms with Gasteiger partial charge < -0.3 is 5.73 Å². The molecule has 0 amide bonds. The van der Waals surface area contributed by atoms with E-state index in [9.17, 15) is 0 Å². The number of hydrogen-bond donors (Lipinski definition) is 1. The molecular formula is C15H23NS. The second-order valence-corrected chi connectivity index (χ2v) is 7.93. The molecule has 3 atom stereocenters. The van der Waals surface area contributed by atoms with Gasteiger partial charge in [0.15, 0.2) is 0 Å². The Morgan fingerprint density at radius 3 is 2.41 bits per heavy atom. The van der Waals surface area contributed by atoms with Crippen LogP contribution < -0.4 is 5.73 Å². The van der Waals surface area contributed by atoms with Gasteiger partial charge in [-0.1, -0.05) is 27.2 Å². The minimum Gasteiger partial charge on any atom is -0.323 e. The van der Waals surface area contributed by atoms with Gasteiger partial charge in [0.1, 0.15) is 0 Å². The summed E-state index contributed by atoms with van der Waals surface area (Å²) in [4.78, 5) is 2.88. The summed E-state index contributed by atoms with van der Waals surface area (Å²) >= 11 is 1.93. The van der Waals surface area contributed by atoms with Gasteiger partial charge in [-0.15, -0.1) is 11.3 Å². The number of nitrogens with two attached hydrogens (primary N) is 1. The first-order valence-corrected chi connectivity index (χ1v) is 7.66. The summed E-state index contributed by atoms with van der Waals surface area (Å²) in [5.41, 5.74) is 6.72. The molecule has 1 nitrogen and oxygen atoms in total. The molecule has 0 saturated heterocycles. The Hall–Kier alpha value is -0.340. The van der Waals surface area contributed by atoms with Crippen LogP contribution in [0.3, 0.4) is 0 Å². The van der Waals surface area contributed by atoms with Gasteiger partial charge in [-0.25, -0.2) is 0 Å². The van der Waals surface area contributed by atoms with Crippen LogP contribution in [0.2, 0.25) is 0 Å². The number of fused-ring (bicyclic) bond motifs is 1. The highest BCUT2D eigenvalue weighted by Gasteiger charge is 2.55. The molecule has 2 saturated carbocycles. The zero-order valence-electron chi connectivity index (χ0n) is 11.1. The molecule has 3 rings (SSSR count). The first kappa shape index (κ1) is 11.7. The van der Waals surface area contributed by atoms with Crippen molar-refractivity contribution in [3.05, 3.63) is 21.9 Å². The minimum atomic E-state index is 0.266. The maximum atomic E-state index is 6.46. The van der Waals surface area contributed by atoms with Crippen LogP contribution in [0.25, 0.3) is 0 Å². The second-order valence-electron chi connectivity index (χ2n) is 6.81. The van der Waals surface area contributed by atoms with Crippen molar-refractivity contribution in [2.45, 2.75) is 51.5 Å². The van der Waals surface area contributed by atoms with E-state index in [1.54, 1.807) is 0 Å². The predicted molar refractivity (Wildman–Crippen MR) is 74.3 cm³/mol. The van der Waals surface area contributed by atoms with E-state index in [2.05, 4.69) is 32.9 Å². The van der Waals surface area contributed by atoms with Gasteiger partial charge in [-0.3, -0.25) is 0 Å². The monoisotopic (exact) mass is 249 g/mol. The van der Waals surface area contributed by atoms with Crippen molar-refractivity contribution in [3.63, 3.8) is 0 Å². The maximum absolute atomic E-state index is 6.46. The fraction of sp³-hybridized carbons (Fsp3) is 0.733. The average molecular weight is 249 g/mol. The zero-order valence-corrected chi connectivity index (χ0v) is 11.9. The van der Waals surface area contributed by atoms with Gasteiger partial charge in [0.25, 0.3) is 0 Å². The highest BCUT2D eigenvalue weighted by atomic mass is 32.1. The van der Waals surface area contributed by atoms with Crippen molar-refractivity contribution in [3.8, 4) is 0 Å². The molecule has 94 valence electrons. The van der Waals surface area contributed by atoms with Crippen molar-refractivity contribution >= 4 is 11.3 Å². The van der Waals surface area contributed by atoms with Gasteiger partial charge >= 0.3 is 0 Å². The highest BCUT2D eigenvalue weighted by molar-refractivity contribution is 7.12. The van der Waals surface area contributed by atoms with Crippen LogP contribution in [-0.2, 0) is 5.41 Å². The smallest absolute Gasteiger partial charge is 0.0424 e. The van der Waals surface area contributed by atoms with E-state index in [1.807, 2.05) is 11.3 Å². The summed E-state index contributed by atoms with van der Waals surface area (Å²) in [7, 11) is 0. The van der Waals surface area contributed by atoms with Gasteiger partial charge in [0.05, 0.1) is 0 Å². The van der Waals surface area contributed by atoms with Crippen LogP contribution in [0.1, 0.15) is 55.8 Å². The zero-order chi connectivity index (χ0) is 12.2. The third-order valence-electron chi connectivity index (χ3n) is 4.58. The largest absolute Gasteiger partial charge is 0.323 e. The fourth-order valence-corrected chi connectivity index (χ4v) is 4.66. The topological polar surface area (TPSA) is 26.0 Å². The van der Waals surface area contributed by atoms with E-state index in [0.29, 0.717) is 6.04 Å². The summed E-state index contributed by atoms with van der Waals surface area (Å²) < 4.78 is 0. The Morgan fingerprint density at radius 1 is 1.24 bits per heavy atom. The minimum absolute atomic E-state index is 0.266. The van der Waals surface area contributed by atoms with E-state index in [0.717, 1.165) is 17.8 Å². The molecule has 2 heteroatoms. The van der Waals surface area contributed by atoms with Crippen molar-refractivity contribution in [2.75, 3.05) is 0 Å². The molecule has 0 bridgehead atoms. The molecule has 2 N–H and O–H groups in total. The molecule has 17 heavy (non-hydrogen) atoms. The van der Waals surface area contributed by atoms with E-state index in [1.165, 1.54) is 29.0 Å². The lowest BCUT2D eigenvalue weighted by atomic mass is 9.95. The van der Waals surface area contributed by atoms with Crippen LogP contribution in [0.5, 0.6) is 0 Å². The van der Waals surface area contributed by atoms with Crippen LogP contribution in [0.15, 0.2) is 12.1 Å². The SMILES string of the molecule is CC(C)(C)c1ccc(C(N)C2C3CCCC32)s1. The predicted octanol–water partition coefficient (Wildman–Crippen LogP) is 4.09. The van der Waals surface area contributed by atoms with Crippen molar-refractivity contribution in [1.82, 2.24) is 0 Å². The fourth-order valence-electron chi connectivity index (χ4n) is 3.53.